The molecule has 20 heavy (non-hydrogen) atoms. The van der Waals surface area contributed by atoms with Gasteiger partial charge < -0.3 is 10.6 Å². The Bertz CT molecular complexity index is 508. The van der Waals surface area contributed by atoms with Gasteiger partial charge in [-0.1, -0.05) is 30.3 Å². The number of hydrogen-bond donors (Lipinski definition) is 2. The van der Waals surface area contributed by atoms with Gasteiger partial charge in [-0.2, -0.15) is 0 Å². The zero-order chi connectivity index (χ0) is 14.4. The minimum absolute atomic E-state index is 0.310. The first-order valence-electron chi connectivity index (χ1n) is 7.01. The third-order valence-electron chi connectivity index (χ3n) is 3.04. The summed E-state index contributed by atoms with van der Waals surface area (Å²) in [6, 6.07) is 11.1. The minimum atomic E-state index is 0.310. The zero-order valence-corrected chi connectivity index (χ0v) is 12.3. The molecule has 1 atom stereocenters. The van der Waals surface area contributed by atoms with Gasteiger partial charge >= 0.3 is 0 Å². The second kappa shape index (κ2) is 7.01. The predicted octanol–water partition coefficient (Wildman–Crippen LogP) is 3.15. The van der Waals surface area contributed by atoms with Crippen molar-refractivity contribution in [2.45, 2.75) is 39.4 Å². The lowest BCUT2D eigenvalue weighted by Gasteiger charge is -2.14. The highest BCUT2D eigenvalue weighted by Crippen LogP contribution is 2.12. The van der Waals surface area contributed by atoms with Gasteiger partial charge in [0.05, 0.1) is 0 Å². The Morgan fingerprint density at radius 3 is 2.25 bits per heavy atom. The largest absolute Gasteiger partial charge is 0.352 e. The molecule has 0 unspecified atom stereocenters. The molecule has 0 spiro atoms. The van der Waals surface area contributed by atoms with E-state index in [1.54, 1.807) is 0 Å². The normalized spacial score (nSPS) is 12.4. The summed E-state index contributed by atoms with van der Waals surface area (Å²) in [5.41, 5.74) is 2.37. The molecule has 0 saturated heterocycles. The molecule has 4 nitrogen and oxygen atoms in total. The van der Waals surface area contributed by atoms with Crippen LogP contribution >= 0.6 is 0 Å². The van der Waals surface area contributed by atoms with Crippen molar-refractivity contribution in [3.05, 3.63) is 53.9 Å². The van der Waals surface area contributed by atoms with Gasteiger partial charge in [-0.05, 0) is 26.3 Å². The maximum absolute atomic E-state index is 4.31. The van der Waals surface area contributed by atoms with Crippen molar-refractivity contribution in [1.29, 1.82) is 0 Å². The van der Waals surface area contributed by atoms with Gasteiger partial charge in [-0.25, -0.2) is 9.97 Å². The first kappa shape index (κ1) is 14.5. The highest BCUT2D eigenvalue weighted by molar-refractivity contribution is 5.25. The van der Waals surface area contributed by atoms with Gasteiger partial charge in [-0.3, -0.25) is 0 Å². The summed E-state index contributed by atoms with van der Waals surface area (Å²) in [5.74, 6) is 0.680. The van der Waals surface area contributed by atoms with Gasteiger partial charge in [0.15, 0.2) is 0 Å². The lowest BCUT2D eigenvalue weighted by atomic mass is 10.1. The fourth-order valence-corrected chi connectivity index (χ4v) is 1.91. The highest BCUT2D eigenvalue weighted by atomic mass is 15.1. The molecule has 0 saturated carbocycles. The zero-order valence-electron chi connectivity index (χ0n) is 12.3. The second-order valence-corrected chi connectivity index (χ2v) is 5.23. The number of anilines is 1. The molecule has 1 aromatic carbocycles. The fraction of sp³-hybridized carbons (Fsp3) is 0.375. The van der Waals surface area contributed by atoms with E-state index in [1.807, 2.05) is 18.5 Å². The van der Waals surface area contributed by atoms with Crippen LogP contribution in [0.3, 0.4) is 0 Å². The van der Waals surface area contributed by atoms with Gasteiger partial charge in [0, 0.05) is 36.6 Å². The molecule has 0 aliphatic heterocycles. The van der Waals surface area contributed by atoms with Gasteiger partial charge in [0.1, 0.15) is 0 Å². The van der Waals surface area contributed by atoms with E-state index in [9.17, 15) is 0 Å². The Morgan fingerprint density at radius 2 is 1.65 bits per heavy atom. The topological polar surface area (TPSA) is 49.8 Å². The lowest BCUT2D eigenvalue weighted by molar-refractivity contribution is 0.573. The van der Waals surface area contributed by atoms with Gasteiger partial charge in [-0.15, -0.1) is 0 Å². The predicted molar refractivity (Wildman–Crippen MR) is 82.5 cm³/mol. The van der Waals surface area contributed by atoms with Crippen LogP contribution in [-0.2, 0) is 6.54 Å². The Labute approximate surface area is 120 Å². The van der Waals surface area contributed by atoms with E-state index in [0.717, 1.165) is 12.1 Å². The van der Waals surface area contributed by atoms with Gasteiger partial charge in [0.25, 0.3) is 0 Å². The maximum atomic E-state index is 4.31. The number of hydrogen-bond acceptors (Lipinski definition) is 4. The van der Waals surface area contributed by atoms with E-state index >= 15 is 0 Å². The number of aromatic nitrogens is 2. The van der Waals surface area contributed by atoms with Crippen molar-refractivity contribution in [1.82, 2.24) is 15.3 Å². The van der Waals surface area contributed by atoms with Crippen LogP contribution in [-0.4, -0.2) is 16.0 Å². The second-order valence-electron chi connectivity index (χ2n) is 5.23. The van der Waals surface area contributed by atoms with Crippen molar-refractivity contribution in [2.24, 2.45) is 0 Å². The number of benzene rings is 1. The van der Waals surface area contributed by atoms with Crippen molar-refractivity contribution in [3.8, 4) is 0 Å². The minimum Gasteiger partial charge on any atom is -0.352 e. The SMILES string of the molecule is CC(C)Nc1ncc(CN[C@H](C)c2ccccc2)cn1. The van der Waals surface area contributed by atoms with Crippen molar-refractivity contribution in [2.75, 3.05) is 5.32 Å². The maximum Gasteiger partial charge on any atom is 0.222 e. The van der Waals surface area contributed by atoms with Crippen molar-refractivity contribution in [3.63, 3.8) is 0 Å². The van der Waals surface area contributed by atoms with E-state index < -0.39 is 0 Å². The van der Waals surface area contributed by atoms with Crippen LogP contribution in [0.25, 0.3) is 0 Å². The molecule has 0 aliphatic carbocycles. The average molecular weight is 270 g/mol. The monoisotopic (exact) mass is 270 g/mol. The molecule has 106 valence electrons. The van der Waals surface area contributed by atoms with Crippen molar-refractivity contribution < 1.29 is 0 Å². The molecule has 0 radical (unpaired) electrons. The van der Waals surface area contributed by atoms with Crippen LogP contribution < -0.4 is 10.6 Å². The summed E-state index contributed by atoms with van der Waals surface area (Å²) in [5, 5.41) is 6.66. The molecule has 0 aliphatic rings. The lowest BCUT2D eigenvalue weighted by Crippen LogP contribution is -2.18. The Morgan fingerprint density at radius 1 is 1.00 bits per heavy atom. The molecule has 4 heteroatoms. The average Bonchev–Trinajstić information content (AvgIpc) is 2.46. The molecule has 0 fully saturated rings. The third kappa shape index (κ3) is 4.31. The van der Waals surface area contributed by atoms with E-state index in [4.69, 9.17) is 0 Å². The van der Waals surface area contributed by atoms with Crippen LogP contribution in [0.4, 0.5) is 5.95 Å². The fourth-order valence-electron chi connectivity index (χ4n) is 1.91. The van der Waals surface area contributed by atoms with E-state index in [-0.39, 0.29) is 0 Å². The Balaban J connectivity index is 1.88. The smallest absolute Gasteiger partial charge is 0.222 e. The molecule has 0 bridgehead atoms. The summed E-state index contributed by atoms with van der Waals surface area (Å²) in [6.45, 7) is 7.06. The summed E-state index contributed by atoms with van der Waals surface area (Å²) >= 11 is 0. The summed E-state index contributed by atoms with van der Waals surface area (Å²) in [6.07, 6.45) is 3.73. The Kier molecular flexibility index (Phi) is 5.07. The van der Waals surface area contributed by atoms with Crippen LogP contribution in [0.1, 0.15) is 37.9 Å². The third-order valence-corrected chi connectivity index (χ3v) is 3.04. The van der Waals surface area contributed by atoms with Crippen LogP contribution in [0.2, 0.25) is 0 Å². The molecule has 2 aromatic rings. The molecule has 2 rings (SSSR count). The summed E-state index contributed by atoms with van der Waals surface area (Å²) in [7, 11) is 0. The standard InChI is InChI=1S/C16H22N4/c1-12(2)20-16-18-10-14(11-19-16)9-17-13(3)15-7-5-4-6-8-15/h4-8,10-13,17H,9H2,1-3H3,(H,18,19,20)/t13-/m1/s1. The van der Waals surface area contributed by atoms with Crippen molar-refractivity contribution >= 4 is 5.95 Å². The Hall–Kier alpha value is -1.94. The quantitative estimate of drug-likeness (QED) is 0.846. The highest BCUT2D eigenvalue weighted by Gasteiger charge is 2.04. The first-order chi connectivity index (χ1) is 9.65. The van der Waals surface area contributed by atoms with E-state index in [2.05, 4.69) is 65.6 Å². The summed E-state index contributed by atoms with van der Waals surface area (Å²) in [4.78, 5) is 8.61. The number of rotatable bonds is 6. The van der Waals surface area contributed by atoms with Crippen LogP contribution in [0.15, 0.2) is 42.7 Å². The first-order valence-corrected chi connectivity index (χ1v) is 7.01. The molecule has 1 heterocycles. The molecule has 1 aromatic heterocycles. The number of nitrogens with zero attached hydrogens (tertiary/aromatic N) is 2. The summed E-state index contributed by atoms with van der Waals surface area (Å²) < 4.78 is 0. The van der Waals surface area contributed by atoms with E-state index in [0.29, 0.717) is 18.0 Å². The van der Waals surface area contributed by atoms with Gasteiger partial charge in [0.2, 0.25) is 5.95 Å². The van der Waals surface area contributed by atoms with Crippen LogP contribution in [0.5, 0.6) is 0 Å². The number of nitrogens with one attached hydrogen (secondary N) is 2. The molecule has 0 amide bonds. The molecular formula is C16H22N4. The van der Waals surface area contributed by atoms with Crippen LogP contribution in [0, 0.1) is 0 Å². The molecular weight excluding hydrogens is 248 g/mol. The van der Waals surface area contributed by atoms with E-state index in [1.165, 1.54) is 5.56 Å². The molecule has 2 N–H and O–H groups in total.